The van der Waals surface area contributed by atoms with Crippen molar-refractivity contribution in [2.75, 3.05) is 6.61 Å². The average Bonchev–Trinajstić information content (AvgIpc) is 2.93. The van der Waals surface area contributed by atoms with Crippen LogP contribution in [0.25, 0.3) is 5.82 Å². The van der Waals surface area contributed by atoms with Gasteiger partial charge in [0.25, 0.3) is 5.56 Å². The van der Waals surface area contributed by atoms with Gasteiger partial charge in [0.15, 0.2) is 11.9 Å². The third kappa shape index (κ3) is 2.70. The van der Waals surface area contributed by atoms with Gasteiger partial charge in [0.05, 0.1) is 6.61 Å². The molecule has 0 unspecified atom stereocenters. The normalized spacial score (nSPS) is 12.1. The van der Waals surface area contributed by atoms with E-state index in [1.165, 1.54) is 10.7 Å². The van der Waals surface area contributed by atoms with Gasteiger partial charge in [-0.3, -0.25) is 4.79 Å². The lowest BCUT2D eigenvalue weighted by Gasteiger charge is -2.13. The van der Waals surface area contributed by atoms with Crippen molar-refractivity contribution >= 4 is 5.97 Å². The van der Waals surface area contributed by atoms with E-state index >= 15 is 0 Å². The van der Waals surface area contributed by atoms with Crippen LogP contribution < -0.4 is 5.56 Å². The number of carbonyl (C=O) groups excluding carboxylic acids is 1. The molecule has 0 radical (unpaired) electrons. The Balaban J connectivity index is 2.37. The molecule has 1 atom stereocenters. The third-order valence-electron chi connectivity index (χ3n) is 2.54. The maximum atomic E-state index is 11.8. The summed E-state index contributed by atoms with van der Waals surface area (Å²) in [4.78, 5) is 23.4. The van der Waals surface area contributed by atoms with Gasteiger partial charge in [-0.2, -0.15) is 5.10 Å². The van der Waals surface area contributed by atoms with Crippen LogP contribution in [0.2, 0.25) is 0 Å². The molecule has 2 aromatic heterocycles. The summed E-state index contributed by atoms with van der Waals surface area (Å²) in [7, 11) is 0. The maximum absolute atomic E-state index is 11.8. The Morgan fingerprint density at radius 3 is 2.89 bits per heavy atom. The molecule has 19 heavy (non-hydrogen) atoms. The summed E-state index contributed by atoms with van der Waals surface area (Å²) in [5.41, 5.74) is -0.364. The average molecular weight is 262 g/mol. The molecule has 7 nitrogen and oxygen atoms in total. The topological polar surface area (TPSA) is 79.0 Å². The second-order valence-corrected chi connectivity index (χ2v) is 3.85. The van der Waals surface area contributed by atoms with Crippen molar-refractivity contribution < 1.29 is 9.53 Å². The number of hydrogen-bond acceptors (Lipinski definition) is 5. The predicted octanol–water partition coefficient (Wildman–Crippen LogP) is 0.553. The second-order valence-electron chi connectivity index (χ2n) is 3.85. The van der Waals surface area contributed by atoms with Crippen LogP contribution in [-0.4, -0.2) is 32.1 Å². The first-order valence-electron chi connectivity index (χ1n) is 5.90. The van der Waals surface area contributed by atoms with Crippen molar-refractivity contribution in [3.8, 4) is 5.82 Å². The lowest BCUT2D eigenvalue weighted by Crippen LogP contribution is -2.31. The molecule has 2 rings (SSSR count). The van der Waals surface area contributed by atoms with Crippen LogP contribution >= 0.6 is 0 Å². The molecule has 0 spiro atoms. The molecule has 0 aliphatic carbocycles. The summed E-state index contributed by atoms with van der Waals surface area (Å²) in [6, 6.07) is 3.86. The molecule has 0 fully saturated rings. The van der Waals surface area contributed by atoms with E-state index < -0.39 is 12.0 Å². The van der Waals surface area contributed by atoms with Crippen LogP contribution in [-0.2, 0) is 9.53 Å². The van der Waals surface area contributed by atoms with Crippen molar-refractivity contribution in [3.63, 3.8) is 0 Å². The van der Waals surface area contributed by atoms with Crippen LogP contribution in [0.15, 0.2) is 35.4 Å². The molecule has 0 aliphatic rings. The number of rotatable bonds is 4. The summed E-state index contributed by atoms with van der Waals surface area (Å²) < 4.78 is 7.48. The highest BCUT2D eigenvalue weighted by atomic mass is 16.5. The molecule has 7 heteroatoms. The number of hydrogen-bond donors (Lipinski definition) is 0. The van der Waals surface area contributed by atoms with E-state index in [0.717, 1.165) is 4.68 Å². The Bertz CT molecular complexity index is 618. The van der Waals surface area contributed by atoms with Gasteiger partial charge in [0.1, 0.15) is 0 Å². The predicted molar refractivity (Wildman–Crippen MR) is 67.0 cm³/mol. The molecule has 2 aromatic rings. The zero-order chi connectivity index (χ0) is 13.8. The third-order valence-corrected chi connectivity index (χ3v) is 2.54. The van der Waals surface area contributed by atoms with Crippen LogP contribution in [0.4, 0.5) is 0 Å². The quantitative estimate of drug-likeness (QED) is 0.752. The van der Waals surface area contributed by atoms with Gasteiger partial charge in [0, 0.05) is 18.5 Å². The Kier molecular flexibility index (Phi) is 3.74. The van der Waals surface area contributed by atoms with Crippen molar-refractivity contribution in [1.29, 1.82) is 0 Å². The number of esters is 1. The molecular weight excluding hydrogens is 248 g/mol. The Labute approximate surface area is 109 Å². The van der Waals surface area contributed by atoms with E-state index in [0.29, 0.717) is 5.82 Å². The Morgan fingerprint density at radius 1 is 1.47 bits per heavy atom. The molecular formula is C12H14N4O3. The number of carbonyl (C=O) groups is 1. The van der Waals surface area contributed by atoms with Crippen LogP contribution in [0.3, 0.4) is 0 Å². The fourth-order valence-corrected chi connectivity index (χ4v) is 1.58. The van der Waals surface area contributed by atoms with E-state index in [2.05, 4.69) is 10.2 Å². The number of ether oxygens (including phenoxy) is 1. The molecule has 0 saturated heterocycles. The van der Waals surface area contributed by atoms with E-state index in [4.69, 9.17) is 4.74 Å². The fourth-order valence-electron chi connectivity index (χ4n) is 1.58. The second kappa shape index (κ2) is 5.47. The standard InChI is InChI=1S/C12H14N4O3/c1-3-19-12(18)9(2)16-11(17)6-5-10(14-16)15-8-4-7-13-15/h4-9H,3H2,1-2H3/t9-/m1/s1. The Hall–Kier alpha value is -2.44. The minimum atomic E-state index is -0.775. The molecule has 0 amide bonds. The first-order chi connectivity index (χ1) is 9.13. The summed E-state index contributed by atoms with van der Waals surface area (Å²) in [6.45, 7) is 3.54. The van der Waals surface area contributed by atoms with Gasteiger partial charge in [-0.25, -0.2) is 14.2 Å². The van der Waals surface area contributed by atoms with Crippen LogP contribution in [0.5, 0.6) is 0 Å². The van der Waals surface area contributed by atoms with Gasteiger partial charge >= 0.3 is 5.97 Å². The summed E-state index contributed by atoms with van der Waals surface area (Å²) in [5.74, 6) is -0.0320. The SMILES string of the molecule is CCOC(=O)[C@@H](C)n1nc(-n2cccn2)ccc1=O. The minimum Gasteiger partial charge on any atom is -0.464 e. The lowest BCUT2D eigenvalue weighted by atomic mass is 10.3. The van der Waals surface area contributed by atoms with Crippen molar-refractivity contribution in [2.24, 2.45) is 0 Å². The van der Waals surface area contributed by atoms with Crippen LogP contribution in [0, 0.1) is 0 Å². The first kappa shape index (κ1) is 13.0. The van der Waals surface area contributed by atoms with E-state index in [1.807, 2.05) is 0 Å². The van der Waals surface area contributed by atoms with E-state index in [1.54, 1.807) is 38.4 Å². The minimum absolute atomic E-state index is 0.261. The van der Waals surface area contributed by atoms with Gasteiger partial charge in [-0.05, 0) is 26.0 Å². The summed E-state index contributed by atoms with van der Waals surface area (Å²) >= 11 is 0. The smallest absolute Gasteiger partial charge is 0.330 e. The molecule has 2 heterocycles. The monoisotopic (exact) mass is 262 g/mol. The van der Waals surface area contributed by atoms with Gasteiger partial charge in [0.2, 0.25) is 0 Å². The van der Waals surface area contributed by atoms with Gasteiger partial charge in [-0.1, -0.05) is 0 Å². The fraction of sp³-hybridized carbons (Fsp3) is 0.333. The van der Waals surface area contributed by atoms with E-state index in [-0.39, 0.29) is 12.2 Å². The highest BCUT2D eigenvalue weighted by Gasteiger charge is 2.19. The summed E-state index contributed by atoms with van der Waals surface area (Å²) in [6.07, 6.45) is 3.30. The van der Waals surface area contributed by atoms with Gasteiger partial charge in [-0.15, -0.1) is 5.10 Å². The zero-order valence-electron chi connectivity index (χ0n) is 10.7. The molecule has 100 valence electrons. The van der Waals surface area contributed by atoms with Crippen molar-refractivity contribution in [1.82, 2.24) is 19.6 Å². The molecule has 0 bridgehead atoms. The molecule has 0 saturated carbocycles. The molecule has 0 aliphatic heterocycles. The van der Waals surface area contributed by atoms with Crippen LogP contribution in [0.1, 0.15) is 19.9 Å². The highest BCUT2D eigenvalue weighted by Crippen LogP contribution is 2.05. The number of nitrogens with zero attached hydrogens (tertiary/aromatic N) is 4. The molecule has 0 N–H and O–H groups in total. The zero-order valence-corrected chi connectivity index (χ0v) is 10.7. The lowest BCUT2D eigenvalue weighted by molar-refractivity contribution is -0.147. The van der Waals surface area contributed by atoms with E-state index in [9.17, 15) is 9.59 Å². The Morgan fingerprint density at radius 2 is 2.26 bits per heavy atom. The largest absolute Gasteiger partial charge is 0.464 e. The van der Waals surface area contributed by atoms with Gasteiger partial charge < -0.3 is 4.74 Å². The summed E-state index contributed by atoms with van der Waals surface area (Å²) in [5, 5.41) is 8.14. The van der Waals surface area contributed by atoms with Crippen molar-refractivity contribution in [3.05, 3.63) is 40.9 Å². The molecule has 0 aromatic carbocycles. The highest BCUT2D eigenvalue weighted by molar-refractivity contribution is 5.73. The maximum Gasteiger partial charge on any atom is 0.330 e. The van der Waals surface area contributed by atoms with Crippen molar-refractivity contribution in [2.45, 2.75) is 19.9 Å². The number of aromatic nitrogens is 4. The first-order valence-corrected chi connectivity index (χ1v) is 5.90.